The molecular formula is C15H21NO3. The molecule has 3 rings (SSSR count). The molecule has 1 aliphatic carbocycles. The van der Waals surface area contributed by atoms with Gasteiger partial charge in [-0.25, -0.2) is 0 Å². The molecule has 1 saturated heterocycles. The van der Waals surface area contributed by atoms with Gasteiger partial charge in [0.1, 0.15) is 0 Å². The van der Waals surface area contributed by atoms with Crippen LogP contribution in [0, 0.1) is 12.8 Å². The molecule has 1 aromatic rings. The van der Waals surface area contributed by atoms with Crippen LogP contribution in [0.4, 0.5) is 0 Å². The lowest BCUT2D eigenvalue weighted by molar-refractivity contribution is -0.0989. The molecule has 1 aliphatic heterocycles. The summed E-state index contributed by atoms with van der Waals surface area (Å²) in [5, 5.41) is 34.0. The smallest absolute Gasteiger partial charge is 0.0927 e. The molecule has 2 aliphatic rings. The third-order valence-electron chi connectivity index (χ3n) is 4.61. The maximum absolute atomic E-state index is 10.6. The van der Waals surface area contributed by atoms with Gasteiger partial charge in [0.05, 0.1) is 18.3 Å². The molecule has 1 spiro atoms. The number of rotatable bonds is 2. The predicted molar refractivity (Wildman–Crippen MR) is 71.6 cm³/mol. The Morgan fingerprint density at radius 1 is 1.21 bits per heavy atom. The van der Waals surface area contributed by atoms with Gasteiger partial charge in [0.2, 0.25) is 0 Å². The van der Waals surface area contributed by atoms with E-state index in [9.17, 15) is 15.3 Å². The van der Waals surface area contributed by atoms with E-state index >= 15 is 0 Å². The number of piperidine rings is 1. The summed E-state index contributed by atoms with van der Waals surface area (Å²) in [6, 6.07) is 7.70. The first-order valence-corrected chi connectivity index (χ1v) is 6.89. The summed E-state index contributed by atoms with van der Waals surface area (Å²) in [5.74, 6) is -0.348. The fourth-order valence-electron chi connectivity index (χ4n) is 3.22. The van der Waals surface area contributed by atoms with Crippen LogP contribution in [0.25, 0.3) is 0 Å². The average molecular weight is 263 g/mol. The highest BCUT2D eigenvalue weighted by Crippen LogP contribution is 2.51. The fraction of sp³-hybridized carbons (Fsp3) is 0.600. The predicted octanol–water partition coefficient (Wildman–Crippen LogP) is 0.502. The second-order valence-electron chi connectivity index (χ2n) is 5.98. The molecule has 4 nitrogen and oxygen atoms in total. The van der Waals surface area contributed by atoms with Crippen molar-refractivity contribution in [2.75, 3.05) is 6.54 Å². The minimum Gasteiger partial charge on any atom is -0.390 e. The zero-order valence-corrected chi connectivity index (χ0v) is 11.1. The first-order valence-electron chi connectivity index (χ1n) is 6.89. The zero-order chi connectivity index (χ0) is 13.6. The first kappa shape index (κ1) is 13.1. The van der Waals surface area contributed by atoms with Crippen LogP contribution in [-0.4, -0.2) is 39.6 Å². The van der Waals surface area contributed by atoms with Crippen molar-refractivity contribution in [1.29, 1.82) is 0 Å². The third-order valence-corrected chi connectivity index (χ3v) is 4.61. The molecule has 0 bridgehead atoms. The highest BCUT2D eigenvalue weighted by molar-refractivity contribution is 5.27. The number of hydrogen-bond acceptors (Lipinski definition) is 4. The largest absolute Gasteiger partial charge is 0.390 e. The van der Waals surface area contributed by atoms with E-state index in [2.05, 4.69) is 5.32 Å². The van der Waals surface area contributed by atoms with Gasteiger partial charge in [-0.05, 0) is 25.3 Å². The number of aryl methyl sites for hydroxylation is 1. The van der Waals surface area contributed by atoms with Crippen LogP contribution in [0.2, 0.25) is 0 Å². The number of aliphatic hydroxyl groups excluding tert-OH is 3. The van der Waals surface area contributed by atoms with Crippen molar-refractivity contribution in [3.63, 3.8) is 0 Å². The maximum atomic E-state index is 10.6. The van der Waals surface area contributed by atoms with Crippen molar-refractivity contribution in [2.24, 2.45) is 5.92 Å². The molecule has 4 atom stereocenters. The molecule has 1 aromatic carbocycles. The van der Waals surface area contributed by atoms with E-state index < -0.39 is 18.3 Å². The lowest BCUT2D eigenvalue weighted by Gasteiger charge is -2.42. The Morgan fingerprint density at radius 2 is 1.84 bits per heavy atom. The molecule has 1 heterocycles. The summed E-state index contributed by atoms with van der Waals surface area (Å²) in [6.45, 7) is 2.40. The van der Waals surface area contributed by atoms with Gasteiger partial charge < -0.3 is 20.6 Å². The van der Waals surface area contributed by atoms with Crippen molar-refractivity contribution >= 4 is 0 Å². The normalized spacial score (nSPS) is 34.2. The van der Waals surface area contributed by atoms with Gasteiger partial charge >= 0.3 is 0 Å². The highest BCUT2D eigenvalue weighted by atomic mass is 16.3. The van der Waals surface area contributed by atoms with E-state index in [1.165, 1.54) is 0 Å². The van der Waals surface area contributed by atoms with Crippen molar-refractivity contribution in [1.82, 2.24) is 5.32 Å². The van der Waals surface area contributed by atoms with Gasteiger partial charge in [-0.2, -0.15) is 0 Å². The molecule has 19 heavy (non-hydrogen) atoms. The van der Waals surface area contributed by atoms with Crippen molar-refractivity contribution in [3.05, 3.63) is 35.4 Å². The molecule has 0 unspecified atom stereocenters. The van der Waals surface area contributed by atoms with Gasteiger partial charge in [0.25, 0.3) is 0 Å². The summed E-state index contributed by atoms with van der Waals surface area (Å²) >= 11 is 0. The van der Waals surface area contributed by atoms with Crippen molar-refractivity contribution in [2.45, 2.75) is 43.6 Å². The summed E-state index contributed by atoms with van der Waals surface area (Å²) < 4.78 is 0. The van der Waals surface area contributed by atoms with Crippen molar-refractivity contribution < 1.29 is 15.3 Å². The number of β-amino-alcohol motifs (C(OH)–C–C–N with tert-alkyl or cyclic N) is 1. The van der Waals surface area contributed by atoms with Crippen molar-refractivity contribution in [3.8, 4) is 0 Å². The number of aliphatic hydroxyl groups is 3. The maximum Gasteiger partial charge on any atom is 0.0927 e. The lowest BCUT2D eigenvalue weighted by atomic mass is 9.78. The van der Waals surface area contributed by atoms with E-state index in [-0.39, 0.29) is 11.5 Å². The quantitative estimate of drug-likeness (QED) is 0.627. The topological polar surface area (TPSA) is 72.7 Å². The average Bonchev–Trinajstić information content (AvgIpc) is 3.16. The summed E-state index contributed by atoms with van der Waals surface area (Å²) in [5.41, 5.74) is 1.75. The zero-order valence-electron chi connectivity index (χ0n) is 11.1. The van der Waals surface area contributed by atoms with E-state index in [1.807, 2.05) is 31.2 Å². The Bertz CT molecular complexity index is 455. The van der Waals surface area contributed by atoms with Gasteiger partial charge in [0.15, 0.2) is 0 Å². The summed E-state index contributed by atoms with van der Waals surface area (Å²) in [4.78, 5) is 0. The Morgan fingerprint density at radius 3 is 2.42 bits per heavy atom. The van der Waals surface area contributed by atoms with Gasteiger partial charge in [-0.15, -0.1) is 0 Å². The lowest BCUT2D eigenvalue weighted by Crippen LogP contribution is -2.59. The number of benzene rings is 1. The molecule has 2 fully saturated rings. The van der Waals surface area contributed by atoms with Crippen LogP contribution in [0.3, 0.4) is 0 Å². The summed E-state index contributed by atoms with van der Waals surface area (Å²) in [7, 11) is 0. The molecule has 0 aromatic heterocycles. The monoisotopic (exact) mass is 263 g/mol. The molecule has 0 amide bonds. The molecule has 1 saturated carbocycles. The fourth-order valence-corrected chi connectivity index (χ4v) is 3.22. The Balaban J connectivity index is 1.88. The summed E-state index contributed by atoms with van der Waals surface area (Å²) in [6.07, 6.45) is -0.536. The van der Waals surface area contributed by atoms with Crippen LogP contribution >= 0.6 is 0 Å². The SMILES string of the molecule is Cc1ccc([C@@H](O)[C@@H]2[C@@H](O)[C@H](O)CNC23CC3)cc1. The number of nitrogens with one attached hydrogen (secondary N) is 1. The van der Waals surface area contributed by atoms with Crippen LogP contribution in [-0.2, 0) is 0 Å². The second-order valence-corrected chi connectivity index (χ2v) is 5.98. The van der Waals surface area contributed by atoms with Gasteiger partial charge in [-0.3, -0.25) is 0 Å². The standard InChI is InChI=1S/C15H21NO3/c1-9-2-4-10(5-3-9)13(18)12-14(19)11(17)8-16-15(12)6-7-15/h2-5,11-14,16-19H,6-8H2,1H3/t11-,12-,13-,14+/m1/s1. The Labute approximate surface area is 113 Å². The molecule has 4 N–H and O–H groups in total. The minimum atomic E-state index is -0.875. The van der Waals surface area contributed by atoms with E-state index in [1.54, 1.807) is 0 Å². The van der Waals surface area contributed by atoms with Gasteiger partial charge in [-0.1, -0.05) is 29.8 Å². The minimum absolute atomic E-state index is 0.192. The molecular weight excluding hydrogens is 242 g/mol. The number of hydrogen-bond donors (Lipinski definition) is 4. The highest BCUT2D eigenvalue weighted by Gasteiger charge is 2.58. The van der Waals surface area contributed by atoms with E-state index in [0.29, 0.717) is 6.54 Å². The second kappa shape index (κ2) is 4.56. The van der Waals surface area contributed by atoms with Crippen LogP contribution in [0.1, 0.15) is 30.1 Å². The third kappa shape index (κ3) is 2.19. The van der Waals surface area contributed by atoms with Crippen LogP contribution < -0.4 is 5.32 Å². The van der Waals surface area contributed by atoms with E-state index in [0.717, 1.165) is 24.0 Å². The molecule has 0 radical (unpaired) electrons. The van der Waals surface area contributed by atoms with Crippen LogP contribution in [0.5, 0.6) is 0 Å². The van der Waals surface area contributed by atoms with Gasteiger partial charge in [0, 0.05) is 18.0 Å². The molecule has 4 heteroatoms. The van der Waals surface area contributed by atoms with Crippen LogP contribution in [0.15, 0.2) is 24.3 Å². The van der Waals surface area contributed by atoms with E-state index in [4.69, 9.17) is 0 Å². The Hall–Kier alpha value is -0.940. The molecule has 104 valence electrons. The Kier molecular flexibility index (Phi) is 3.14. The first-order chi connectivity index (χ1) is 9.03.